The van der Waals surface area contributed by atoms with Crippen LogP contribution in [0.4, 0.5) is 10.1 Å². The van der Waals surface area contributed by atoms with Gasteiger partial charge in [0.05, 0.1) is 10.7 Å². The third-order valence-electron chi connectivity index (χ3n) is 2.06. The Labute approximate surface area is 99.0 Å². The molecule has 0 saturated carbocycles. The molecule has 2 N–H and O–H groups in total. The molecule has 3 nitrogen and oxygen atoms in total. The molecule has 0 bridgehead atoms. The maximum Gasteiger partial charge on any atom is 0.224 e. The van der Waals surface area contributed by atoms with Gasteiger partial charge in [-0.1, -0.05) is 17.7 Å². The molecule has 0 aliphatic carbocycles. The number of amides is 1. The second kappa shape index (κ2) is 6.45. The van der Waals surface area contributed by atoms with E-state index in [-0.39, 0.29) is 16.6 Å². The molecule has 0 aromatic heterocycles. The summed E-state index contributed by atoms with van der Waals surface area (Å²) in [6.45, 7) is 0.748. The van der Waals surface area contributed by atoms with Crippen molar-refractivity contribution >= 4 is 23.2 Å². The number of hydrogen-bond donors (Lipinski definition) is 2. The minimum atomic E-state index is -0.519. The number of benzene rings is 1. The van der Waals surface area contributed by atoms with Gasteiger partial charge in [0.2, 0.25) is 5.91 Å². The van der Waals surface area contributed by atoms with Crippen LogP contribution in [0.1, 0.15) is 12.8 Å². The van der Waals surface area contributed by atoms with Crippen LogP contribution in [0.5, 0.6) is 0 Å². The summed E-state index contributed by atoms with van der Waals surface area (Å²) >= 11 is 5.77. The lowest BCUT2D eigenvalue weighted by molar-refractivity contribution is -0.116. The summed E-state index contributed by atoms with van der Waals surface area (Å²) < 4.78 is 13.3. The number of para-hydroxylation sites is 1. The Balaban J connectivity index is 2.56. The van der Waals surface area contributed by atoms with Crippen molar-refractivity contribution in [3.05, 3.63) is 29.0 Å². The number of anilines is 1. The molecule has 0 saturated heterocycles. The first kappa shape index (κ1) is 12.9. The van der Waals surface area contributed by atoms with E-state index in [0.717, 1.165) is 6.54 Å². The topological polar surface area (TPSA) is 41.1 Å². The average Bonchev–Trinajstić information content (AvgIpc) is 2.24. The van der Waals surface area contributed by atoms with Crippen LogP contribution in [0, 0.1) is 5.82 Å². The predicted octanol–water partition coefficient (Wildman–Crippen LogP) is 2.42. The highest BCUT2D eigenvalue weighted by Crippen LogP contribution is 2.24. The third-order valence-corrected chi connectivity index (χ3v) is 2.37. The van der Waals surface area contributed by atoms with Crippen molar-refractivity contribution < 1.29 is 9.18 Å². The third kappa shape index (κ3) is 3.79. The van der Waals surface area contributed by atoms with Gasteiger partial charge in [0.15, 0.2) is 0 Å². The molecule has 0 radical (unpaired) electrons. The first-order valence-corrected chi connectivity index (χ1v) is 5.41. The van der Waals surface area contributed by atoms with Gasteiger partial charge in [-0.2, -0.15) is 0 Å². The summed E-state index contributed by atoms with van der Waals surface area (Å²) in [7, 11) is 1.81. The van der Waals surface area contributed by atoms with Crippen LogP contribution in [-0.4, -0.2) is 19.5 Å². The van der Waals surface area contributed by atoms with Crippen LogP contribution in [0.15, 0.2) is 18.2 Å². The van der Waals surface area contributed by atoms with Crippen LogP contribution in [-0.2, 0) is 4.79 Å². The molecular weight excluding hydrogens is 231 g/mol. The fraction of sp³-hybridized carbons (Fsp3) is 0.364. The summed E-state index contributed by atoms with van der Waals surface area (Å²) in [4.78, 5) is 11.4. The van der Waals surface area contributed by atoms with Crippen molar-refractivity contribution in [1.82, 2.24) is 5.32 Å². The maximum absolute atomic E-state index is 13.3. The van der Waals surface area contributed by atoms with E-state index in [2.05, 4.69) is 10.6 Å². The lowest BCUT2D eigenvalue weighted by Crippen LogP contribution is -2.16. The minimum Gasteiger partial charge on any atom is -0.322 e. The van der Waals surface area contributed by atoms with E-state index in [1.807, 2.05) is 7.05 Å². The molecule has 1 rings (SSSR count). The van der Waals surface area contributed by atoms with Crippen LogP contribution in [0.25, 0.3) is 0 Å². The molecule has 1 amide bonds. The first-order chi connectivity index (χ1) is 7.65. The Bertz CT molecular complexity index is 351. The van der Waals surface area contributed by atoms with E-state index in [0.29, 0.717) is 12.8 Å². The van der Waals surface area contributed by atoms with E-state index >= 15 is 0 Å². The van der Waals surface area contributed by atoms with Crippen molar-refractivity contribution in [2.24, 2.45) is 0 Å². The summed E-state index contributed by atoms with van der Waals surface area (Å²) in [6, 6.07) is 4.29. The highest BCUT2D eigenvalue weighted by molar-refractivity contribution is 6.33. The number of carbonyl (C=O) groups excluding carboxylic acids is 1. The molecule has 1 aromatic rings. The highest BCUT2D eigenvalue weighted by Gasteiger charge is 2.09. The van der Waals surface area contributed by atoms with Crippen LogP contribution < -0.4 is 10.6 Å². The van der Waals surface area contributed by atoms with E-state index < -0.39 is 5.82 Å². The van der Waals surface area contributed by atoms with Crippen molar-refractivity contribution in [1.29, 1.82) is 0 Å². The highest BCUT2D eigenvalue weighted by atomic mass is 35.5. The Kier molecular flexibility index (Phi) is 5.22. The molecule has 88 valence electrons. The van der Waals surface area contributed by atoms with Crippen LogP contribution in [0.3, 0.4) is 0 Å². The van der Waals surface area contributed by atoms with E-state index in [1.165, 1.54) is 18.2 Å². The second-order valence-corrected chi connectivity index (χ2v) is 3.76. The zero-order valence-electron chi connectivity index (χ0n) is 9.02. The van der Waals surface area contributed by atoms with Crippen LogP contribution >= 0.6 is 11.6 Å². The molecule has 0 unspecified atom stereocenters. The van der Waals surface area contributed by atoms with Crippen molar-refractivity contribution in [3.8, 4) is 0 Å². The standard InChI is InChI=1S/C11H14ClFN2O/c1-14-7-3-6-10(16)15-11-8(12)4-2-5-9(11)13/h2,4-5,14H,3,6-7H2,1H3,(H,15,16). The fourth-order valence-corrected chi connectivity index (χ4v) is 1.46. The summed E-state index contributed by atoms with van der Waals surface area (Å²) in [6.07, 6.45) is 1.04. The molecule has 0 atom stereocenters. The van der Waals surface area contributed by atoms with Gasteiger partial charge in [-0.3, -0.25) is 4.79 Å². The van der Waals surface area contributed by atoms with Gasteiger partial charge < -0.3 is 10.6 Å². The second-order valence-electron chi connectivity index (χ2n) is 3.35. The van der Waals surface area contributed by atoms with Gasteiger partial charge in [-0.15, -0.1) is 0 Å². The molecule has 0 aliphatic heterocycles. The van der Waals surface area contributed by atoms with Crippen LogP contribution in [0.2, 0.25) is 5.02 Å². The minimum absolute atomic E-state index is 0.0543. The lowest BCUT2D eigenvalue weighted by atomic mass is 10.2. The SMILES string of the molecule is CNCCCC(=O)Nc1c(F)cccc1Cl. The zero-order valence-corrected chi connectivity index (χ0v) is 9.77. The number of nitrogens with one attached hydrogen (secondary N) is 2. The smallest absolute Gasteiger partial charge is 0.224 e. The summed E-state index contributed by atoms with van der Waals surface area (Å²) in [5, 5.41) is 5.60. The predicted molar refractivity (Wildman–Crippen MR) is 63.2 cm³/mol. The van der Waals surface area contributed by atoms with Gasteiger partial charge in [0.1, 0.15) is 5.82 Å². The van der Waals surface area contributed by atoms with E-state index in [9.17, 15) is 9.18 Å². The van der Waals surface area contributed by atoms with E-state index in [4.69, 9.17) is 11.6 Å². The number of carbonyl (C=O) groups is 1. The van der Waals surface area contributed by atoms with Gasteiger partial charge in [0, 0.05) is 6.42 Å². The molecular formula is C11H14ClFN2O. The molecule has 1 aromatic carbocycles. The monoisotopic (exact) mass is 244 g/mol. The average molecular weight is 245 g/mol. The van der Waals surface area contributed by atoms with Crippen molar-refractivity contribution in [3.63, 3.8) is 0 Å². The Morgan fingerprint density at radius 2 is 2.25 bits per heavy atom. The van der Waals surface area contributed by atoms with Gasteiger partial charge in [0.25, 0.3) is 0 Å². The largest absolute Gasteiger partial charge is 0.322 e. The fourth-order valence-electron chi connectivity index (χ4n) is 1.24. The van der Waals surface area contributed by atoms with Crippen molar-refractivity contribution in [2.45, 2.75) is 12.8 Å². The van der Waals surface area contributed by atoms with Gasteiger partial charge >= 0.3 is 0 Å². The Morgan fingerprint density at radius 3 is 2.88 bits per heavy atom. The molecule has 16 heavy (non-hydrogen) atoms. The Morgan fingerprint density at radius 1 is 1.50 bits per heavy atom. The number of halogens is 2. The quantitative estimate of drug-likeness (QED) is 0.781. The molecule has 0 fully saturated rings. The summed E-state index contributed by atoms with van der Waals surface area (Å²) in [5.74, 6) is -0.753. The molecule has 5 heteroatoms. The first-order valence-electron chi connectivity index (χ1n) is 5.03. The zero-order chi connectivity index (χ0) is 12.0. The lowest BCUT2D eigenvalue weighted by Gasteiger charge is -2.07. The Hall–Kier alpha value is -1.13. The maximum atomic E-state index is 13.3. The van der Waals surface area contributed by atoms with E-state index in [1.54, 1.807) is 0 Å². The molecule has 0 aliphatic rings. The summed E-state index contributed by atoms with van der Waals surface area (Å²) in [5.41, 5.74) is 0.0543. The molecule has 0 spiro atoms. The van der Waals surface area contributed by atoms with Gasteiger partial charge in [-0.25, -0.2) is 4.39 Å². The molecule has 0 heterocycles. The van der Waals surface area contributed by atoms with Crippen molar-refractivity contribution in [2.75, 3.05) is 18.9 Å². The van der Waals surface area contributed by atoms with Gasteiger partial charge in [-0.05, 0) is 32.1 Å². The number of rotatable bonds is 5. The number of hydrogen-bond acceptors (Lipinski definition) is 2. The normalized spacial score (nSPS) is 10.2.